The highest BCUT2D eigenvalue weighted by molar-refractivity contribution is 7.22. The second-order valence-electron chi connectivity index (χ2n) is 5.00. The fourth-order valence-corrected chi connectivity index (χ4v) is 3.80. The topological polar surface area (TPSA) is 80.6 Å². The monoisotopic (exact) mass is 332 g/mol. The fraction of sp³-hybridized carbons (Fsp3) is 0.250. The maximum Gasteiger partial charge on any atom is 0.264 e. The number of para-hydroxylation sites is 1. The minimum Gasteiger partial charge on any atom is -0.489 e. The Balaban J connectivity index is 2.46. The maximum absolute atomic E-state index is 12.7. The van der Waals surface area contributed by atoms with Crippen molar-refractivity contribution in [3.05, 3.63) is 39.5 Å². The Morgan fingerprint density at radius 2 is 2.13 bits per heavy atom. The average Bonchev–Trinajstić information content (AvgIpc) is 2.96. The van der Waals surface area contributed by atoms with Crippen LogP contribution in [0.2, 0.25) is 0 Å². The summed E-state index contributed by atoms with van der Waals surface area (Å²) in [6.07, 6.45) is 0. The van der Waals surface area contributed by atoms with Gasteiger partial charge in [-0.15, -0.1) is 11.3 Å². The van der Waals surface area contributed by atoms with Crippen molar-refractivity contribution in [3.63, 3.8) is 0 Å². The summed E-state index contributed by atoms with van der Waals surface area (Å²) in [6.45, 7) is -0.176. The molecular formula is C16H16N2O4S. The Kier molecular flexibility index (Phi) is 4.06. The van der Waals surface area contributed by atoms with E-state index in [0.717, 1.165) is 15.6 Å². The number of pyridine rings is 1. The summed E-state index contributed by atoms with van der Waals surface area (Å²) in [5.41, 5.74) is 0.571. The first kappa shape index (κ1) is 15.5. The number of carbonyl (C=O) groups excluding carboxylic acids is 1. The molecule has 2 aromatic heterocycles. The van der Waals surface area contributed by atoms with Crippen molar-refractivity contribution in [1.29, 1.82) is 0 Å². The molecule has 120 valence electrons. The lowest BCUT2D eigenvalue weighted by Gasteiger charge is -2.08. The van der Waals surface area contributed by atoms with Crippen LogP contribution in [-0.4, -0.2) is 35.8 Å². The number of aliphatic hydroxyl groups is 1. The normalized spacial score (nSPS) is 11.1. The molecule has 0 aliphatic rings. The fourth-order valence-electron chi connectivity index (χ4n) is 2.58. The Hall–Kier alpha value is -2.38. The van der Waals surface area contributed by atoms with Crippen LogP contribution in [0.5, 0.6) is 5.75 Å². The summed E-state index contributed by atoms with van der Waals surface area (Å²) in [6, 6.07) is 7.53. The van der Waals surface area contributed by atoms with Crippen LogP contribution in [0.25, 0.3) is 21.0 Å². The summed E-state index contributed by atoms with van der Waals surface area (Å²) in [5.74, 6) is -0.0740. The first-order chi connectivity index (χ1) is 11.1. The SMILES string of the molecule is CNC(=O)c1sc2c(c1OCCO)c(=O)n(C)c1ccccc21. The van der Waals surface area contributed by atoms with E-state index in [-0.39, 0.29) is 30.4 Å². The number of aliphatic hydroxyl groups excluding tert-OH is 1. The van der Waals surface area contributed by atoms with Crippen molar-refractivity contribution in [3.8, 4) is 5.75 Å². The standard InChI is InChI=1S/C16H16N2O4S/c1-17-15(20)14-12(22-8-7-19)11-13(23-14)9-5-3-4-6-10(9)18(2)16(11)21/h3-6,19H,7-8H2,1-2H3,(H,17,20). The molecule has 6 nitrogen and oxygen atoms in total. The van der Waals surface area contributed by atoms with Gasteiger partial charge in [-0.05, 0) is 6.07 Å². The van der Waals surface area contributed by atoms with Gasteiger partial charge in [-0.25, -0.2) is 0 Å². The number of carbonyl (C=O) groups is 1. The summed E-state index contributed by atoms with van der Waals surface area (Å²) < 4.78 is 7.80. The second-order valence-corrected chi connectivity index (χ2v) is 6.02. The van der Waals surface area contributed by atoms with Crippen LogP contribution in [0.3, 0.4) is 0 Å². The third-order valence-electron chi connectivity index (χ3n) is 3.66. The molecule has 1 amide bonds. The van der Waals surface area contributed by atoms with Crippen molar-refractivity contribution in [1.82, 2.24) is 9.88 Å². The zero-order valence-electron chi connectivity index (χ0n) is 12.8. The van der Waals surface area contributed by atoms with E-state index in [1.54, 1.807) is 11.6 Å². The van der Waals surface area contributed by atoms with E-state index in [0.29, 0.717) is 10.3 Å². The van der Waals surface area contributed by atoms with Gasteiger partial charge in [0.15, 0.2) is 5.75 Å². The van der Waals surface area contributed by atoms with Crippen LogP contribution in [0.4, 0.5) is 0 Å². The summed E-state index contributed by atoms with van der Waals surface area (Å²) in [7, 11) is 3.22. The highest BCUT2D eigenvalue weighted by Crippen LogP contribution is 2.39. The summed E-state index contributed by atoms with van der Waals surface area (Å²) in [5, 5.41) is 12.8. The van der Waals surface area contributed by atoms with Gasteiger partial charge in [0, 0.05) is 19.5 Å². The van der Waals surface area contributed by atoms with Gasteiger partial charge < -0.3 is 19.7 Å². The molecule has 2 N–H and O–H groups in total. The molecule has 0 radical (unpaired) electrons. The molecular weight excluding hydrogens is 316 g/mol. The van der Waals surface area contributed by atoms with Gasteiger partial charge in [0.2, 0.25) is 0 Å². The number of hydrogen-bond acceptors (Lipinski definition) is 5. The molecule has 1 aromatic carbocycles. The van der Waals surface area contributed by atoms with Crippen LogP contribution >= 0.6 is 11.3 Å². The van der Waals surface area contributed by atoms with E-state index in [4.69, 9.17) is 9.84 Å². The first-order valence-corrected chi connectivity index (χ1v) is 7.91. The highest BCUT2D eigenvalue weighted by Gasteiger charge is 2.24. The number of aromatic nitrogens is 1. The second kappa shape index (κ2) is 6.02. The van der Waals surface area contributed by atoms with Crippen LogP contribution < -0.4 is 15.6 Å². The average molecular weight is 332 g/mol. The highest BCUT2D eigenvalue weighted by atomic mass is 32.1. The van der Waals surface area contributed by atoms with Crippen molar-refractivity contribution < 1.29 is 14.6 Å². The number of rotatable bonds is 4. The Labute approximate surface area is 135 Å². The van der Waals surface area contributed by atoms with Gasteiger partial charge in [0.05, 0.1) is 16.8 Å². The lowest BCUT2D eigenvalue weighted by atomic mass is 10.1. The molecule has 0 unspecified atom stereocenters. The molecule has 0 aliphatic carbocycles. The number of nitrogens with zero attached hydrogens (tertiary/aromatic N) is 1. The van der Waals surface area contributed by atoms with Crippen LogP contribution in [0.15, 0.2) is 29.1 Å². The number of thiophene rings is 1. The molecule has 0 atom stereocenters. The maximum atomic E-state index is 12.7. The molecule has 3 aromatic rings. The molecule has 2 heterocycles. The van der Waals surface area contributed by atoms with Crippen molar-refractivity contribution in [2.45, 2.75) is 0 Å². The van der Waals surface area contributed by atoms with Crippen molar-refractivity contribution in [2.24, 2.45) is 7.05 Å². The van der Waals surface area contributed by atoms with Gasteiger partial charge >= 0.3 is 0 Å². The Morgan fingerprint density at radius 3 is 2.83 bits per heavy atom. The minimum atomic E-state index is -0.315. The molecule has 23 heavy (non-hydrogen) atoms. The van der Waals surface area contributed by atoms with Crippen LogP contribution in [0.1, 0.15) is 9.67 Å². The number of aryl methyl sites for hydroxylation is 1. The zero-order chi connectivity index (χ0) is 16.6. The first-order valence-electron chi connectivity index (χ1n) is 7.10. The quantitative estimate of drug-likeness (QED) is 0.758. The summed E-state index contributed by atoms with van der Waals surface area (Å²) in [4.78, 5) is 25.2. The third kappa shape index (κ3) is 2.38. The third-order valence-corrected chi connectivity index (χ3v) is 4.87. The molecule has 3 rings (SSSR count). The van der Waals surface area contributed by atoms with Crippen molar-refractivity contribution >= 4 is 38.2 Å². The predicted octanol–water partition coefficient (Wildman–Crippen LogP) is 1.48. The van der Waals surface area contributed by atoms with Crippen LogP contribution in [0, 0.1) is 0 Å². The molecule has 0 saturated heterocycles. The van der Waals surface area contributed by atoms with E-state index in [9.17, 15) is 9.59 Å². The Morgan fingerprint density at radius 1 is 1.39 bits per heavy atom. The number of amides is 1. The molecule has 0 aliphatic heterocycles. The predicted molar refractivity (Wildman–Crippen MR) is 90.5 cm³/mol. The zero-order valence-corrected chi connectivity index (χ0v) is 13.6. The number of benzene rings is 1. The van der Waals surface area contributed by atoms with Gasteiger partial charge in [-0.2, -0.15) is 0 Å². The van der Waals surface area contributed by atoms with Crippen molar-refractivity contribution in [2.75, 3.05) is 20.3 Å². The van der Waals surface area contributed by atoms with Gasteiger partial charge in [0.1, 0.15) is 16.9 Å². The molecule has 0 fully saturated rings. The number of nitrogens with one attached hydrogen (secondary N) is 1. The molecule has 0 spiro atoms. The van der Waals surface area contributed by atoms with Gasteiger partial charge in [0.25, 0.3) is 11.5 Å². The number of hydrogen-bond donors (Lipinski definition) is 2. The molecule has 7 heteroatoms. The number of ether oxygens (including phenoxy) is 1. The van der Waals surface area contributed by atoms with E-state index >= 15 is 0 Å². The molecule has 0 saturated carbocycles. The lowest BCUT2D eigenvalue weighted by Crippen LogP contribution is -2.19. The van der Waals surface area contributed by atoms with Gasteiger partial charge in [-0.1, -0.05) is 18.2 Å². The lowest BCUT2D eigenvalue weighted by molar-refractivity contribution is 0.0962. The van der Waals surface area contributed by atoms with E-state index in [2.05, 4.69) is 5.32 Å². The van der Waals surface area contributed by atoms with E-state index in [1.165, 1.54) is 18.4 Å². The van der Waals surface area contributed by atoms with Crippen LogP contribution in [-0.2, 0) is 7.05 Å². The largest absolute Gasteiger partial charge is 0.489 e. The van der Waals surface area contributed by atoms with E-state index < -0.39 is 0 Å². The molecule has 0 bridgehead atoms. The smallest absolute Gasteiger partial charge is 0.264 e. The van der Waals surface area contributed by atoms with Gasteiger partial charge in [-0.3, -0.25) is 9.59 Å². The minimum absolute atomic E-state index is 0.0197. The summed E-state index contributed by atoms with van der Waals surface area (Å²) >= 11 is 1.23. The number of fused-ring (bicyclic) bond motifs is 3. The van der Waals surface area contributed by atoms with E-state index in [1.807, 2.05) is 24.3 Å². The Bertz CT molecular complexity index is 958.